The number of hydrogen-bond acceptors (Lipinski definition) is 3. The van der Waals surface area contributed by atoms with Crippen molar-refractivity contribution in [3.05, 3.63) is 60.2 Å². The van der Waals surface area contributed by atoms with E-state index in [4.69, 9.17) is 0 Å². The maximum absolute atomic E-state index is 13.8. The molecule has 2 rings (SSSR count). The summed E-state index contributed by atoms with van der Waals surface area (Å²) < 4.78 is 68.9. The molecule has 9 heteroatoms. The molecule has 0 spiro atoms. The fourth-order valence-corrected chi connectivity index (χ4v) is 5.05. The first-order valence-electron chi connectivity index (χ1n) is 10.1. The lowest BCUT2D eigenvalue weighted by Gasteiger charge is -2.29. The highest BCUT2D eigenvalue weighted by molar-refractivity contribution is 7.92. The Morgan fingerprint density at radius 3 is 1.97 bits per heavy atom. The first kappa shape index (κ1) is 26.0. The van der Waals surface area contributed by atoms with Crippen LogP contribution in [0.1, 0.15) is 19.4 Å². The number of nitrogens with zero attached hydrogens (tertiary/aromatic N) is 1. The Morgan fingerprint density at radius 2 is 1.53 bits per heavy atom. The van der Waals surface area contributed by atoms with Gasteiger partial charge in [0, 0.05) is 12.1 Å². The fraction of sp³-hybridized carbons (Fsp3) is 0.391. The summed E-state index contributed by atoms with van der Waals surface area (Å²) in [6, 6.07) is 12.5. The molecular formula is C23H28F3NO3SSi. The summed E-state index contributed by atoms with van der Waals surface area (Å²) >= 11 is 0. The van der Waals surface area contributed by atoms with Crippen LogP contribution in [-0.2, 0) is 15.6 Å². The Hall–Kier alpha value is -2.28. The summed E-state index contributed by atoms with van der Waals surface area (Å²) in [4.78, 5) is 0.0810. The van der Waals surface area contributed by atoms with Gasteiger partial charge in [-0.1, -0.05) is 69.7 Å². The molecule has 0 aromatic heterocycles. The minimum absolute atomic E-state index is 0.0390. The Balaban J connectivity index is 2.56. The molecule has 0 amide bonds. The average Bonchev–Trinajstić information content (AvgIpc) is 2.69. The average molecular weight is 484 g/mol. The summed E-state index contributed by atoms with van der Waals surface area (Å²) in [6.07, 6.45) is -5.02. The third-order valence-corrected chi connectivity index (χ3v) is 7.15. The molecule has 174 valence electrons. The van der Waals surface area contributed by atoms with Crippen molar-refractivity contribution in [1.29, 1.82) is 0 Å². The van der Waals surface area contributed by atoms with Crippen molar-refractivity contribution in [3.8, 4) is 11.5 Å². The van der Waals surface area contributed by atoms with E-state index < -0.39 is 35.4 Å². The van der Waals surface area contributed by atoms with Crippen LogP contribution >= 0.6 is 0 Å². The van der Waals surface area contributed by atoms with Gasteiger partial charge in [0.25, 0.3) is 10.0 Å². The Kier molecular flexibility index (Phi) is 7.54. The van der Waals surface area contributed by atoms with Crippen molar-refractivity contribution < 1.29 is 26.7 Å². The molecule has 0 bridgehead atoms. The third kappa shape index (κ3) is 5.94. The van der Waals surface area contributed by atoms with E-state index >= 15 is 0 Å². The molecule has 0 aliphatic rings. The number of anilines is 1. The first-order chi connectivity index (χ1) is 14.6. The monoisotopic (exact) mass is 483 g/mol. The molecule has 0 radical (unpaired) electrons. The fourth-order valence-electron chi connectivity index (χ4n) is 2.85. The van der Waals surface area contributed by atoms with E-state index in [1.165, 1.54) is 24.3 Å². The van der Waals surface area contributed by atoms with Crippen LogP contribution in [-0.4, -0.2) is 34.3 Å². The number of alkyl halides is 3. The van der Waals surface area contributed by atoms with E-state index in [9.17, 15) is 26.7 Å². The molecule has 1 atom stereocenters. The van der Waals surface area contributed by atoms with E-state index in [1.807, 2.05) is 19.8 Å². The molecule has 1 N–H and O–H groups in total. The van der Waals surface area contributed by atoms with Crippen LogP contribution in [0.15, 0.2) is 59.5 Å². The summed E-state index contributed by atoms with van der Waals surface area (Å²) in [5.74, 6) is 2.00. The predicted molar refractivity (Wildman–Crippen MR) is 123 cm³/mol. The standard InChI is InChI=1S/C23H28F3NO3SSi/c1-18(2)17-27(31(29,30)21-9-7-6-8-10-21)20-13-11-19(12-14-20)22(28,23(24,25)26)15-16-32(3,4)5/h6-14,18,28H,17H2,1-5H3. The zero-order valence-corrected chi connectivity index (χ0v) is 20.6. The molecule has 4 nitrogen and oxygen atoms in total. The van der Waals surface area contributed by atoms with E-state index in [-0.39, 0.29) is 23.0 Å². The molecule has 0 aliphatic heterocycles. The lowest BCUT2D eigenvalue weighted by Crippen LogP contribution is -2.41. The van der Waals surface area contributed by atoms with Crippen LogP contribution in [0.4, 0.5) is 18.9 Å². The van der Waals surface area contributed by atoms with E-state index in [0.717, 1.165) is 16.4 Å². The lowest BCUT2D eigenvalue weighted by molar-refractivity contribution is -0.240. The number of aliphatic hydroxyl groups is 1. The molecule has 2 aromatic carbocycles. The zero-order valence-electron chi connectivity index (χ0n) is 18.7. The van der Waals surface area contributed by atoms with Crippen molar-refractivity contribution in [2.75, 3.05) is 10.8 Å². The van der Waals surface area contributed by atoms with Gasteiger partial charge in [-0.25, -0.2) is 8.42 Å². The van der Waals surface area contributed by atoms with Gasteiger partial charge in [-0.2, -0.15) is 13.2 Å². The van der Waals surface area contributed by atoms with Gasteiger partial charge in [-0.05, 0) is 30.2 Å². The minimum Gasteiger partial charge on any atom is -0.366 e. The zero-order chi connectivity index (χ0) is 24.4. The van der Waals surface area contributed by atoms with Crippen molar-refractivity contribution in [1.82, 2.24) is 0 Å². The molecule has 0 aliphatic carbocycles. The highest BCUT2D eigenvalue weighted by Crippen LogP contribution is 2.39. The van der Waals surface area contributed by atoms with Gasteiger partial charge in [0.05, 0.1) is 10.6 Å². The number of rotatable bonds is 6. The summed E-state index contributed by atoms with van der Waals surface area (Å²) in [6.45, 7) is 9.15. The second-order valence-electron chi connectivity index (χ2n) is 9.00. The van der Waals surface area contributed by atoms with Crippen molar-refractivity contribution in [3.63, 3.8) is 0 Å². The second-order valence-corrected chi connectivity index (χ2v) is 15.6. The van der Waals surface area contributed by atoms with Gasteiger partial charge >= 0.3 is 6.18 Å². The number of sulfonamides is 1. The largest absolute Gasteiger partial charge is 0.433 e. The van der Waals surface area contributed by atoms with Crippen molar-refractivity contribution >= 4 is 23.8 Å². The molecule has 1 unspecified atom stereocenters. The highest BCUT2D eigenvalue weighted by Gasteiger charge is 2.54. The molecule has 32 heavy (non-hydrogen) atoms. The minimum atomic E-state index is -5.02. The maximum atomic E-state index is 13.8. The Labute approximate surface area is 189 Å². The smallest absolute Gasteiger partial charge is 0.366 e. The maximum Gasteiger partial charge on any atom is 0.433 e. The van der Waals surface area contributed by atoms with Gasteiger partial charge in [0.15, 0.2) is 0 Å². The predicted octanol–water partition coefficient (Wildman–Crippen LogP) is 5.17. The van der Waals surface area contributed by atoms with Crippen LogP contribution in [0.25, 0.3) is 0 Å². The molecule has 0 saturated heterocycles. The SMILES string of the molecule is CC(C)CN(c1ccc(C(O)(C#C[Si](C)(C)C)C(F)(F)F)cc1)S(=O)(=O)c1ccccc1. The lowest BCUT2D eigenvalue weighted by atomic mass is 9.94. The van der Waals surface area contributed by atoms with Gasteiger partial charge in [0.2, 0.25) is 5.60 Å². The summed E-state index contributed by atoms with van der Waals surface area (Å²) in [5, 5.41) is 10.5. The molecule has 2 aromatic rings. The second kappa shape index (κ2) is 9.30. The highest BCUT2D eigenvalue weighted by atomic mass is 32.2. The van der Waals surface area contributed by atoms with Crippen LogP contribution in [0.2, 0.25) is 19.6 Å². The normalized spacial score (nSPS) is 14.4. The van der Waals surface area contributed by atoms with Crippen molar-refractivity contribution in [2.45, 2.75) is 50.2 Å². The molecule has 0 fully saturated rings. The van der Waals surface area contributed by atoms with Gasteiger partial charge in [-0.3, -0.25) is 4.31 Å². The number of halogens is 3. The molecule has 0 heterocycles. The first-order valence-corrected chi connectivity index (χ1v) is 15.0. The van der Waals surface area contributed by atoms with Crippen LogP contribution in [0.3, 0.4) is 0 Å². The Bertz CT molecular complexity index is 1080. The summed E-state index contributed by atoms with van der Waals surface area (Å²) in [7, 11) is -6.13. The Morgan fingerprint density at radius 1 is 1.00 bits per heavy atom. The quantitative estimate of drug-likeness (QED) is 0.456. The van der Waals surface area contributed by atoms with Crippen LogP contribution < -0.4 is 4.31 Å². The molecule has 0 saturated carbocycles. The third-order valence-electron chi connectivity index (χ3n) is 4.46. The number of benzene rings is 2. The van der Waals surface area contributed by atoms with E-state index in [0.29, 0.717) is 0 Å². The summed E-state index contributed by atoms with van der Waals surface area (Å²) in [5.41, 5.74) is -1.01. The number of hydrogen-bond donors (Lipinski definition) is 1. The topological polar surface area (TPSA) is 57.6 Å². The van der Waals surface area contributed by atoms with Gasteiger partial charge in [0.1, 0.15) is 8.07 Å². The van der Waals surface area contributed by atoms with Crippen LogP contribution in [0.5, 0.6) is 0 Å². The van der Waals surface area contributed by atoms with Gasteiger partial charge in [-0.15, -0.1) is 5.54 Å². The van der Waals surface area contributed by atoms with E-state index in [2.05, 4.69) is 5.54 Å². The van der Waals surface area contributed by atoms with Crippen molar-refractivity contribution in [2.24, 2.45) is 5.92 Å². The molecular weight excluding hydrogens is 455 g/mol. The van der Waals surface area contributed by atoms with Gasteiger partial charge < -0.3 is 5.11 Å². The van der Waals surface area contributed by atoms with Crippen LogP contribution in [0, 0.1) is 17.4 Å². The van der Waals surface area contributed by atoms with E-state index in [1.54, 1.807) is 37.8 Å².